The molecule has 0 aromatic heterocycles. The van der Waals surface area contributed by atoms with Gasteiger partial charge >= 0.3 is 0 Å². The number of ether oxygens (including phenoxy) is 1. The number of methoxy groups -OCH3 is 1. The molecule has 1 heterocycles. The van der Waals surface area contributed by atoms with Gasteiger partial charge in [-0.25, -0.2) is 4.39 Å². The van der Waals surface area contributed by atoms with Gasteiger partial charge in [0.05, 0.1) is 12.7 Å². The molecule has 0 aliphatic carbocycles. The van der Waals surface area contributed by atoms with Gasteiger partial charge in [0.25, 0.3) is 0 Å². The van der Waals surface area contributed by atoms with E-state index in [0.29, 0.717) is 18.4 Å². The predicted molar refractivity (Wildman–Crippen MR) is 77.4 cm³/mol. The number of hydrogen-bond acceptors (Lipinski definition) is 3. The maximum Gasteiger partial charge on any atom is 0.171 e. The Labute approximate surface area is 120 Å². The molecule has 1 aliphatic heterocycles. The summed E-state index contributed by atoms with van der Waals surface area (Å²) in [5.41, 5.74) is -0.712. The van der Waals surface area contributed by atoms with Crippen LogP contribution in [0, 0.1) is 5.82 Å². The topological polar surface area (TPSA) is 32.7 Å². The van der Waals surface area contributed by atoms with Crippen LogP contribution in [0.4, 0.5) is 4.39 Å². The standard InChI is InChI=1S/C16H24FNO2/c1-3-10-18-11-5-8-16(19,9-12-18)13-6-4-7-14(20-2)15(13)17/h4,6-7,19H,3,5,8-12H2,1-2H3. The molecule has 1 aliphatic rings. The van der Waals surface area contributed by atoms with Gasteiger partial charge in [0.1, 0.15) is 0 Å². The zero-order chi connectivity index (χ0) is 14.6. The molecule has 1 atom stereocenters. The third kappa shape index (κ3) is 3.13. The molecule has 20 heavy (non-hydrogen) atoms. The first-order valence-electron chi connectivity index (χ1n) is 7.38. The number of aliphatic hydroxyl groups is 1. The van der Waals surface area contributed by atoms with E-state index >= 15 is 0 Å². The summed E-state index contributed by atoms with van der Waals surface area (Å²) >= 11 is 0. The van der Waals surface area contributed by atoms with Crippen LogP contribution in [0.2, 0.25) is 0 Å². The summed E-state index contributed by atoms with van der Waals surface area (Å²) in [6, 6.07) is 5.00. The molecule has 3 nitrogen and oxygen atoms in total. The summed E-state index contributed by atoms with van der Waals surface area (Å²) < 4.78 is 19.4. The molecule has 1 unspecified atom stereocenters. The van der Waals surface area contributed by atoms with Crippen LogP contribution in [0.3, 0.4) is 0 Å². The van der Waals surface area contributed by atoms with Gasteiger partial charge in [-0.3, -0.25) is 0 Å². The zero-order valence-electron chi connectivity index (χ0n) is 12.4. The van der Waals surface area contributed by atoms with Crippen molar-refractivity contribution >= 4 is 0 Å². The molecule has 1 saturated heterocycles. The van der Waals surface area contributed by atoms with Gasteiger partial charge in [-0.2, -0.15) is 0 Å². The van der Waals surface area contributed by atoms with Crippen molar-refractivity contribution in [3.63, 3.8) is 0 Å². The van der Waals surface area contributed by atoms with Crippen molar-refractivity contribution in [1.29, 1.82) is 0 Å². The lowest BCUT2D eigenvalue weighted by molar-refractivity contribution is 0.0174. The first kappa shape index (κ1) is 15.3. The third-order valence-electron chi connectivity index (χ3n) is 4.13. The Morgan fingerprint density at radius 3 is 2.85 bits per heavy atom. The van der Waals surface area contributed by atoms with Crippen LogP contribution >= 0.6 is 0 Å². The minimum absolute atomic E-state index is 0.200. The minimum Gasteiger partial charge on any atom is -0.494 e. The quantitative estimate of drug-likeness (QED) is 0.921. The first-order valence-corrected chi connectivity index (χ1v) is 7.38. The normalized spacial score (nSPS) is 24.4. The lowest BCUT2D eigenvalue weighted by atomic mass is 9.86. The van der Waals surface area contributed by atoms with Crippen LogP contribution in [-0.4, -0.2) is 36.8 Å². The van der Waals surface area contributed by atoms with Crippen molar-refractivity contribution in [3.8, 4) is 5.75 Å². The summed E-state index contributed by atoms with van der Waals surface area (Å²) in [5, 5.41) is 10.9. The van der Waals surface area contributed by atoms with Crippen LogP contribution in [-0.2, 0) is 5.60 Å². The Balaban J connectivity index is 2.22. The highest BCUT2D eigenvalue weighted by molar-refractivity contribution is 5.34. The molecule has 1 fully saturated rings. The molecular weight excluding hydrogens is 257 g/mol. The lowest BCUT2D eigenvalue weighted by Gasteiger charge is -2.28. The highest BCUT2D eigenvalue weighted by Gasteiger charge is 2.34. The van der Waals surface area contributed by atoms with E-state index in [1.54, 1.807) is 18.2 Å². The van der Waals surface area contributed by atoms with Crippen LogP contribution in [0.25, 0.3) is 0 Å². The maximum atomic E-state index is 14.4. The van der Waals surface area contributed by atoms with Gasteiger partial charge in [0, 0.05) is 12.1 Å². The van der Waals surface area contributed by atoms with Crippen LogP contribution in [0.15, 0.2) is 18.2 Å². The Hall–Kier alpha value is -1.13. The minimum atomic E-state index is -1.08. The van der Waals surface area contributed by atoms with Crippen molar-refractivity contribution in [2.24, 2.45) is 0 Å². The highest BCUT2D eigenvalue weighted by Crippen LogP contribution is 2.36. The van der Waals surface area contributed by atoms with E-state index in [1.165, 1.54) is 7.11 Å². The number of hydrogen-bond donors (Lipinski definition) is 1. The molecule has 1 aromatic rings. The van der Waals surface area contributed by atoms with Crippen molar-refractivity contribution in [2.75, 3.05) is 26.7 Å². The fraction of sp³-hybridized carbons (Fsp3) is 0.625. The summed E-state index contributed by atoms with van der Waals surface area (Å²) in [4.78, 5) is 2.34. The second-order valence-electron chi connectivity index (χ2n) is 5.55. The average molecular weight is 281 g/mol. The van der Waals surface area contributed by atoms with Gasteiger partial charge in [-0.15, -0.1) is 0 Å². The number of rotatable bonds is 4. The number of likely N-dealkylation sites (tertiary alicyclic amines) is 1. The van der Waals surface area contributed by atoms with Gasteiger partial charge in [0.15, 0.2) is 11.6 Å². The molecule has 112 valence electrons. The van der Waals surface area contributed by atoms with Gasteiger partial charge in [-0.1, -0.05) is 19.1 Å². The smallest absolute Gasteiger partial charge is 0.171 e. The molecule has 0 bridgehead atoms. The molecule has 0 spiro atoms. The number of nitrogens with zero attached hydrogens (tertiary/aromatic N) is 1. The number of halogens is 1. The average Bonchev–Trinajstić information content (AvgIpc) is 2.63. The summed E-state index contributed by atoms with van der Waals surface area (Å²) in [7, 11) is 1.45. The van der Waals surface area contributed by atoms with E-state index in [0.717, 1.165) is 32.5 Å². The Bertz CT molecular complexity index is 452. The Kier molecular flexibility index (Phi) is 5.00. The Morgan fingerprint density at radius 1 is 1.35 bits per heavy atom. The van der Waals surface area contributed by atoms with Crippen molar-refractivity contribution < 1.29 is 14.2 Å². The van der Waals surface area contributed by atoms with Crippen molar-refractivity contribution in [1.82, 2.24) is 4.90 Å². The van der Waals surface area contributed by atoms with Crippen LogP contribution < -0.4 is 4.74 Å². The van der Waals surface area contributed by atoms with Crippen molar-refractivity contribution in [3.05, 3.63) is 29.6 Å². The summed E-state index contributed by atoms with van der Waals surface area (Å²) in [6.45, 7) is 4.97. The largest absolute Gasteiger partial charge is 0.494 e. The Morgan fingerprint density at radius 2 is 2.15 bits per heavy atom. The molecule has 4 heteroatoms. The van der Waals surface area contributed by atoms with Gasteiger partial charge in [-0.05, 0) is 44.8 Å². The molecule has 0 saturated carbocycles. The molecule has 0 amide bonds. The van der Waals surface area contributed by atoms with E-state index in [2.05, 4.69) is 11.8 Å². The fourth-order valence-corrected chi connectivity index (χ4v) is 3.01. The SMILES string of the molecule is CCCN1CCCC(O)(c2cccc(OC)c2F)CC1. The summed E-state index contributed by atoms with van der Waals surface area (Å²) in [6.07, 6.45) is 3.15. The molecule has 0 radical (unpaired) electrons. The van der Waals surface area contributed by atoms with Crippen molar-refractivity contribution in [2.45, 2.75) is 38.2 Å². The molecule has 2 rings (SSSR count). The van der Waals surface area contributed by atoms with E-state index in [4.69, 9.17) is 4.74 Å². The van der Waals surface area contributed by atoms with Crippen LogP contribution in [0.5, 0.6) is 5.75 Å². The second kappa shape index (κ2) is 6.55. The van der Waals surface area contributed by atoms with Gasteiger partial charge in [0.2, 0.25) is 0 Å². The van der Waals surface area contributed by atoms with E-state index in [-0.39, 0.29) is 5.75 Å². The predicted octanol–water partition coefficient (Wildman–Crippen LogP) is 2.92. The fourth-order valence-electron chi connectivity index (χ4n) is 3.01. The van der Waals surface area contributed by atoms with E-state index in [9.17, 15) is 9.50 Å². The molecule has 1 aromatic carbocycles. The van der Waals surface area contributed by atoms with Gasteiger partial charge < -0.3 is 14.7 Å². The number of benzene rings is 1. The highest BCUT2D eigenvalue weighted by atomic mass is 19.1. The zero-order valence-corrected chi connectivity index (χ0v) is 12.4. The molecule has 1 N–H and O–H groups in total. The second-order valence-corrected chi connectivity index (χ2v) is 5.55. The third-order valence-corrected chi connectivity index (χ3v) is 4.13. The maximum absolute atomic E-state index is 14.4. The van der Waals surface area contributed by atoms with Crippen LogP contribution in [0.1, 0.15) is 38.2 Å². The van der Waals surface area contributed by atoms with E-state index in [1.807, 2.05) is 0 Å². The lowest BCUT2D eigenvalue weighted by Crippen LogP contribution is -2.30. The van der Waals surface area contributed by atoms with E-state index < -0.39 is 11.4 Å². The first-order chi connectivity index (χ1) is 9.60. The monoisotopic (exact) mass is 281 g/mol. The molecular formula is C16H24FNO2. The summed E-state index contributed by atoms with van der Waals surface area (Å²) in [5.74, 6) is -0.230.